The third-order valence-corrected chi connectivity index (χ3v) is 8.73. The Hall–Kier alpha value is -0.323. The summed E-state index contributed by atoms with van der Waals surface area (Å²) >= 11 is 3.41. The van der Waals surface area contributed by atoms with Gasteiger partial charge in [-0.3, -0.25) is 0 Å². The van der Waals surface area contributed by atoms with Crippen molar-refractivity contribution in [3.63, 3.8) is 0 Å². The fourth-order valence-corrected chi connectivity index (χ4v) is 3.15. The van der Waals surface area contributed by atoms with Crippen LogP contribution in [-0.4, -0.2) is 21.0 Å². The molecule has 1 rings (SSSR count). The quantitative estimate of drug-likeness (QED) is 0.680. The molecule has 0 aliphatic rings. The normalized spacial score (nSPS) is 14.3. The van der Waals surface area contributed by atoms with Crippen molar-refractivity contribution in [3.8, 4) is 5.75 Å². The molecular weight excluding hydrogens is 320 g/mol. The SMILES string of the molecule is CC(COc1ccc(Br)cc1)O[Si](C)(C)C(C)(C)C. The summed E-state index contributed by atoms with van der Waals surface area (Å²) in [6, 6.07) is 7.88. The van der Waals surface area contributed by atoms with Crippen LogP contribution < -0.4 is 4.74 Å². The van der Waals surface area contributed by atoms with E-state index in [-0.39, 0.29) is 11.1 Å². The largest absolute Gasteiger partial charge is 0.491 e. The van der Waals surface area contributed by atoms with Crippen molar-refractivity contribution in [3.05, 3.63) is 28.7 Å². The first-order valence-corrected chi connectivity index (χ1v) is 10.4. The lowest BCUT2D eigenvalue weighted by atomic mass is 10.2. The van der Waals surface area contributed by atoms with Gasteiger partial charge in [-0.15, -0.1) is 0 Å². The highest BCUT2D eigenvalue weighted by atomic mass is 79.9. The van der Waals surface area contributed by atoms with Gasteiger partial charge in [0.1, 0.15) is 12.4 Å². The van der Waals surface area contributed by atoms with E-state index in [9.17, 15) is 0 Å². The zero-order valence-electron chi connectivity index (χ0n) is 12.8. The summed E-state index contributed by atoms with van der Waals surface area (Å²) in [6.07, 6.45) is 0.115. The van der Waals surface area contributed by atoms with E-state index in [1.807, 2.05) is 24.3 Å². The predicted molar refractivity (Wildman–Crippen MR) is 87.4 cm³/mol. The molecule has 0 spiro atoms. The minimum Gasteiger partial charge on any atom is -0.491 e. The number of hydrogen-bond acceptors (Lipinski definition) is 2. The van der Waals surface area contributed by atoms with Crippen LogP contribution in [0.5, 0.6) is 5.75 Å². The monoisotopic (exact) mass is 344 g/mol. The van der Waals surface area contributed by atoms with E-state index in [0.29, 0.717) is 6.61 Å². The molecule has 0 fully saturated rings. The number of ether oxygens (including phenoxy) is 1. The van der Waals surface area contributed by atoms with Crippen LogP contribution in [0.1, 0.15) is 27.7 Å². The molecular formula is C15H25BrO2Si. The highest BCUT2D eigenvalue weighted by Crippen LogP contribution is 2.37. The summed E-state index contributed by atoms with van der Waals surface area (Å²) in [5.74, 6) is 0.883. The van der Waals surface area contributed by atoms with Gasteiger partial charge in [0, 0.05) is 4.47 Å². The topological polar surface area (TPSA) is 18.5 Å². The molecule has 0 aromatic heterocycles. The highest BCUT2D eigenvalue weighted by Gasteiger charge is 2.38. The van der Waals surface area contributed by atoms with Crippen LogP contribution in [0.25, 0.3) is 0 Å². The van der Waals surface area contributed by atoms with E-state index in [0.717, 1.165) is 10.2 Å². The summed E-state index contributed by atoms with van der Waals surface area (Å²) in [6.45, 7) is 14.0. The van der Waals surface area contributed by atoms with Gasteiger partial charge in [-0.25, -0.2) is 0 Å². The van der Waals surface area contributed by atoms with Gasteiger partial charge in [-0.1, -0.05) is 36.7 Å². The number of benzene rings is 1. The molecule has 2 nitrogen and oxygen atoms in total. The Labute approximate surface area is 126 Å². The van der Waals surface area contributed by atoms with Crippen LogP contribution in [0.2, 0.25) is 18.1 Å². The molecule has 0 amide bonds. The van der Waals surface area contributed by atoms with Gasteiger partial charge in [0.15, 0.2) is 8.32 Å². The third kappa shape index (κ3) is 5.28. The van der Waals surface area contributed by atoms with E-state index in [1.54, 1.807) is 0 Å². The Balaban J connectivity index is 2.48. The second-order valence-corrected chi connectivity index (χ2v) is 12.1. The second kappa shape index (κ2) is 6.42. The lowest BCUT2D eigenvalue weighted by Gasteiger charge is -2.38. The molecule has 1 unspecified atom stereocenters. The molecule has 0 saturated heterocycles. The smallest absolute Gasteiger partial charge is 0.192 e. The van der Waals surface area contributed by atoms with Gasteiger partial charge in [-0.2, -0.15) is 0 Å². The van der Waals surface area contributed by atoms with Crippen LogP contribution in [0.3, 0.4) is 0 Å². The van der Waals surface area contributed by atoms with Crippen LogP contribution in [0, 0.1) is 0 Å². The molecule has 0 N–H and O–H groups in total. The summed E-state index contributed by atoms with van der Waals surface area (Å²) in [5.41, 5.74) is 0. The molecule has 0 saturated carbocycles. The number of halogens is 1. The number of hydrogen-bond donors (Lipinski definition) is 0. The fraction of sp³-hybridized carbons (Fsp3) is 0.600. The summed E-state index contributed by atoms with van der Waals surface area (Å²) in [4.78, 5) is 0. The summed E-state index contributed by atoms with van der Waals surface area (Å²) < 4.78 is 13.1. The molecule has 4 heteroatoms. The average molecular weight is 345 g/mol. The first-order chi connectivity index (χ1) is 8.62. The Morgan fingerprint density at radius 3 is 2.16 bits per heavy atom. The highest BCUT2D eigenvalue weighted by molar-refractivity contribution is 9.10. The zero-order chi connectivity index (χ0) is 14.7. The van der Waals surface area contributed by atoms with Crippen molar-refractivity contribution < 1.29 is 9.16 Å². The van der Waals surface area contributed by atoms with Crippen molar-refractivity contribution >= 4 is 24.2 Å². The lowest BCUT2D eigenvalue weighted by Crippen LogP contribution is -2.44. The van der Waals surface area contributed by atoms with Gasteiger partial charge < -0.3 is 9.16 Å². The van der Waals surface area contributed by atoms with E-state index in [1.165, 1.54) is 0 Å². The van der Waals surface area contributed by atoms with Crippen LogP contribution in [-0.2, 0) is 4.43 Å². The van der Waals surface area contributed by atoms with E-state index in [2.05, 4.69) is 56.7 Å². The average Bonchev–Trinajstić information content (AvgIpc) is 2.26. The van der Waals surface area contributed by atoms with Crippen LogP contribution in [0.4, 0.5) is 0 Å². The Bertz CT molecular complexity index is 396. The molecule has 0 radical (unpaired) electrons. The fourth-order valence-electron chi connectivity index (χ4n) is 1.46. The van der Waals surface area contributed by atoms with Crippen molar-refractivity contribution in [2.24, 2.45) is 0 Å². The molecule has 1 aromatic carbocycles. The maximum Gasteiger partial charge on any atom is 0.192 e. The minimum atomic E-state index is -1.70. The number of rotatable bonds is 5. The van der Waals surface area contributed by atoms with E-state index < -0.39 is 8.32 Å². The standard InChI is InChI=1S/C15H25BrO2Si/c1-12(18-19(5,6)15(2,3)4)11-17-14-9-7-13(16)8-10-14/h7-10,12H,11H2,1-6H3. The van der Waals surface area contributed by atoms with E-state index in [4.69, 9.17) is 9.16 Å². The Morgan fingerprint density at radius 2 is 1.68 bits per heavy atom. The van der Waals surface area contributed by atoms with Gasteiger partial charge in [0.25, 0.3) is 0 Å². The zero-order valence-corrected chi connectivity index (χ0v) is 15.4. The summed E-state index contributed by atoms with van der Waals surface area (Å²) in [5, 5.41) is 0.235. The predicted octanol–water partition coefficient (Wildman–Crippen LogP) is 5.24. The van der Waals surface area contributed by atoms with Gasteiger partial charge >= 0.3 is 0 Å². The second-order valence-electron chi connectivity index (χ2n) is 6.45. The molecule has 0 heterocycles. The lowest BCUT2D eigenvalue weighted by molar-refractivity contribution is 0.129. The Morgan fingerprint density at radius 1 is 1.16 bits per heavy atom. The maximum atomic E-state index is 6.25. The van der Waals surface area contributed by atoms with Crippen LogP contribution in [0.15, 0.2) is 28.7 Å². The maximum absolute atomic E-state index is 6.25. The van der Waals surface area contributed by atoms with E-state index >= 15 is 0 Å². The molecule has 1 aromatic rings. The van der Waals surface area contributed by atoms with Crippen molar-refractivity contribution in [1.29, 1.82) is 0 Å². The molecule has 108 valence electrons. The van der Waals surface area contributed by atoms with Gasteiger partial charge in [0.2, 0.25) is 0 Å². The first-order valence-electron chi connectivity index (χ1n) is 6.68. The van der Waals surface area contributed by atoms with Crippen molar-refractivity contribution in [2.75, 3.05) is 6.61 Å². The van der Waals surface area contributed by atoms with Crippen molar-refractivity contribution in [2.45, 2.75) is 51.9 Å². The molecule has 19 heavy (non-hydrogen) atoms. The minimum absolute atomic E-state index is 0.115. The molecule has 0 bridgehead atoms. The van der Waals surface area contributed by atoms with Gasteiger partial charge in [-0.05, 0) is 49.3 Å². The molecule has 1 atom stereocenters. The third-order valence-electron chi connectivity index (χ3n) is 3.60. The van der Waals surface area contributed by atoms with Crippen LogP contribution >= 0.6 is 15.9 Å². The first kappa shape index (κ1) is 16.7. The molecule has 0 aliphatic heterocycles. The van der Waals surface area contributed by atoms with Crippen molar-refractivity contribution in [1.82, 2.24) is 0 Å². The summed E-state index contributed by atoms with van der Waals surface area (Å²) in [7, 11) is -1.70. The molecule has 0 aliphatic carbocycles. The Kier molecular flexibility index (Phi) is 5.65. The van der Waals surface area contributed by atoms with Gasteiger partial charge in [0.05, 0.1) is 6.10 Å².